The third-order valence-electron chi connectivity index (χ3n) is 2.73. The summed E-state index contributed by atoms with van der Waals surface area (Å²) in [6.07, 6.45) is 0. The number of hydrogen-bond acceptors (Lipinski definition) is 3. The molecule has 0 aliphatic carbocycles. The monoisotopic (exact) mass is 310 g/mol. The highest BCUT2D eigenvalue weighted by molar-refractivity contribution is 6.42. The zero-order valence-electron chi connectivity index (χ0n) is 10.4. The number of primary amides is 1. The van der Waals surface area contributed by atoms with Crippen molar-refractivity contribution in [2.24, 2.45) is 5.73 Å². The van der Waals surface area contributed by atoms with Crippen molar-refractivity contribution in [1.82, 2.24) is 0 Å². The van der Waals surface area contributed by atoms with Crippen molar-refractivity contribution in [1.29, 1.82) is 0 Å². The smallest absolute Gasteiger partial charge is 0.248 e. The molecule has 0 radical (unpaired) electrons. The maximum absolute atomic E-state index is 11.0. The minimum Gasteiger partial charge on any atom is -0.487 e. The lowest BCUT2D eigenvalue weighted by Crippen LogP contribution is -2.12. The van der Waals surface area contributed by atoms with E-state index in [1.165, 1.54) is 6.07 Å². The van der Waals surface area contributed by atoms with Gasteiger partial charge in [0.25, 0.3) is 0 Å². The van der Waals surface area contributed by atoms with E-state index in [1.54, 1.807) is 30.3 Å². The number of amides is 1. The molecular weight excluding hydrogens is 299 g/mol. The Kier molecular flexibility index (Phi) is 4.37. The van der Waals surface area contributed by atoms with E-state index in [0.717, 1.165) is 5.56 Å². The van der Waals surface area contributed by atoms with E-state index >= 15 is 0 Å². The summed E-state index contributed by atoms with van der Waals surface area (Å²) in [5.41, 5.74) is 12.5. The van der Waals surface area contributed by atoms with Crippen molar-refractivity contribution in [2.45, 2.75) is 6.61 Å². The summed E-state index contributed by atoms with van der Waals surface area (Å²) in [6.45, 7) is 0.213. The molecule has 0 aliphatic rings. The largest absolute Gasteiger partial charge is 0.487 e. The standard InChI is InChI=1S/C14H12Cl2N2O2/c15-10-2-1-3-12(13(10)16)20-7-9-5-4-8(14(18)19)6-11(9)17/h1-6H,7,17H2,(H2,18,19). The molecule has 0 spiro atoms. The van der Waals surface area contributed by atoms with E-state index < -0.39 is 5.91 Å². The van der Waals surface area contributed by atoms with Crippen molar-refractivity contribution in [3.8, 4) is 5.75 Å². The Balaban J connectivity index is 2.15. The minimum absolute atomic E-state index is 0.213. The fraction of sp³-hybridized carbons (Fsp3) is 0.0714. The van der Waals surface area contributed by atoms with Crippen molar-refractivity contribution >= 4 is 34.8 Å². The summed E-state index contributed by atoms with van der Waals surface area (Å²) in [5, 5.41) is 0.766. The third kappa shape index (κ3) is 3.15. The lowest BCUT2D eigenvalue weighted by Gasteiger charge is -2.11. The van der Waals surface area contributed by atoms with Crippen LogP contribution < -0.4 is 16.2 Å². The Bertz CT molecular complexity index is 660. The Morgan fingerprint density at radius 3 is 2.60 bits per heavy atom. The van der Waals surface area contributed by atoms with E-state index in [-0.39, 0.29) is 6.61 Å². The fourth-order valence-electron chi connectivity index (χ4n) is 1.63. The molecule has 2 aromatic rings. The molecule has 20 heavy (non-hydrogen) atoms. The van der Waals surface area contributed by atoms with Crippen LogP contribution in [0.2, 0.25) is 10.0 Å². The average molecular weight is 311 g/mol. The maximum Gasteiger partial charge on any atom is 0.248 e. The number of carbonyl (C=O) groups is 1. The van der Waals surface area contributed by atoms with Gasteiger partial charge in [-0.05, 0) is 24.3 Å². The Labute approximate surface area is 126 Å². The number of carbonyl (C=O) groups excluding carboxylic acids is 1. The van der Waals surface area contributed by atoms with E-state index in [1.807, 2.05) is 0 Å². The molecule has 0 atom stereocenters. The maximum atomic E-state index is 11.0. The van der Waals surface area contributed by atoms with Crippen LogP contribution in [0.4, 0.5) is 5.69 Å². The summed E-state index contributed by atoms with van der Waals surface area (Å²) >= 11 is 11.9. The molecular formula is C14H12Cl2N2O2. The van der Waals surface area contributed by atoms with Gasteiger partial charge in [0.2, 0.25) is 5.91 Å². The second-order valence-corrected chi connectivity index (χ2v) is 4.90. The van der Waals surface area contributed by atoms with Crippen LogP contribution in [0, 0.1) is 0 Å². The Morgan fingerprint density at radius 2 is 1.95 bits per heavy atom. The summed E-state index contributed by atoms with van der Waals surface area (Å²) in [7, 11) is 0. The van der Waals surface area contributed by atoms with Gasteiger partial charge >= 0.3 is 0 Å². The van der Waals surface area contributed by atoms with Crippen LogP contribution in [-0.4, -0.2) is 5.91 Å². The molecule has 2 rings (SSSR count). The highest BCUT2D eigenvalue weighted by Gasteiger charge is 2.08. The first-order chi connectivity index (χ1) is 9.49. The van der Waals surface area contributed by atoms with Crippen LogP contribution in [0.5, 0.6) is 5.75 Å². The average Bonchev–Trinajstić information content (AvgIpc) is 2.41. The molecule has 0 fully saturated rings. The van der Waals surface area contributed by atoms with Crippen LogP contribution in [-0.2, 0) is 6.61 Å². The van der Waals surface area contributed by atoms with Gasteiger partial charge in [-0.25, -0.2) is 0 Å². The van der Waals surface area contributed by atoms with Gasteiger partial charge in [0.15, 0.2) is 0 Å². The second kappa shape index (κ2) is 6.03. The van der Waals surface area contributed by atoms with Crippen LogP contribution in [0.3, 0.4) is 0 Å². The number of rotatable bonds is 4. The normalized spacial score (nSPS) is 10.3. The molecule has 1 amide bonds. The number of anilines is 1. The topological polar surface area (TPSA) is 78.3 Å². The van der Waals surface area contributed by atoms with Crippen molar-refractivity contribution in [3.05, 3.63) is 57.6 Å². The van der Waals surface area contributed by atoms with Crippen molar-refractivity contribution < 1.29 is 9.53 Å². The van der Waals surface area contributed by atoms with Gasteiger partial charge in [0.05, 0.1) is 5.02 Å². The van der Waals surface area contributed by atoms with Crippen LogP contribution in [0.1, 0.15) is 15.9 Å². The summed E-state index contributed by atoms with van der Waals surface area (Å²) < 4.78 is 5.57. The SMILES string of the molecule is NC(=O)c1ccc(COc2cccc(Cl)c2Cl)c(N)c1. The summed E-state index contributed by atoms with van der Waals surface area (Å²) in [6, 6.07) is 9.92. The second-order valence-electron chi connectivity index (χ2n) is 4.12. The summed E-state index contributed by atoms with van der Waals surface area (Å²) in [5.74, 6) is -0.0559. The van der Waals surface area contributed by atoms with Crippen molar-refractivity contribution in [2.75, 3.05) is 5.73 Å². The Hall–Kier alpha value is -1.91. The molecule has 0 aliphatic heterocycles. The first-order valence-electron chi connectivity index (χ1n) is 5.74. The predicted molar refractivity (Wildman–Crippen MR) is 80.2 cm³/mol. The van der Waals surface area contributed by atoms with E-state index in [2.05, 4.69) is 0 Å². The summed E-state index contributed by atoms with van der Waals surface area (Å²) in [4.78, 5) is 11.0. The highest BCUT2D eigenvalue weighted by atomic mass is 35.5. The number of benzene rings is 2. The fourth-order valence-corrected chi connectivity index (χ4v) is 1.98. The van der Waals surface area contributed by atoms with Gasteiger partial charge in [0, 0.05) is 16.8 Å². The van der Waals surface area contributed by atoms with Crippen LogP contribution >= 0.6 is 23.2 Å². The molecule has 104 valence electrons. The van der Waals surface area contributed by atoms with Crippen LogP contribution in [0.15, 0.2) is 36.4 Å². The van der Waals surface area contributed by atoms with Gasteiger partial charge in [-0.3, -0.25) is 4.79 Å². The lowest BCUT2D eigenvalue weighted by molar-refractivity contribution is 0.100. The van der Waals surface area contributed by atoms with Gasteiger partial charge in [-0.15, -0.1) is 0 Å². The van der Waals surface area contributed by atoms with E-state index in [0.29, 0.717) is 27.0 Å². The molecule has 2 aromatic carbocycles. The predicted octanol–water partition coefficient (Wildman–Crippen LogP) is 3.25. The first kappa shape index (κ1) is 14.5. The zero-order valence-corrected chi connectivity index (χ0v) is 11.9. The molecule has 4 nitrogen and oxygen atoms in total. The highest BCUT2D eigenvalue weighted by Crippen LogP contribution is 2.32. The van der Waals surface area contributed by atoms with Gasteiger partial charge < -0.3 is 16.2 Å². The van der Waals surface area contributed by atoms with Gasteiger partial charge in [-0.1, -0.05) is 35.3 Å². The Morgan fingerprint density at radius 1 is 1.20 bits per heavy atom. The number of nitrogen functional groups attached to an aromatic ring is 1. The molecule has 0 aromatic heterocycles. The molecule has 0 saturated heterocycles. The molecule has 4 N–H and O–H groups in total. The number of ether oxygens (including phenoxy) is 1. The van der Waals surface area contributed by atoms with Gasteiger partial charge in [-0.2, -0.15) is 0 Å². The number of nitrogens with two attached hydrogens (primary N) is 2. The van der Waals surface area contributed by atoms with E-state index in [9.17, 15) is 4.79 Å². The lowest BCUT2D eigenvalue weighted by atomic mass is 10.1. The minimum atomic E-state index is -0.526. The molecule has 0 bridgehead atoms. The van der Waals surface area contributed by atoms with E-state index in [4.69, 9.17) is 39.4 Å². The van der Waals surface area contributed by atoms with Crippen molar-refractivity contribution in [3.63, 3.8) is 0 Å². The number of halogens is 2. The molecule has 0 unspecified atom stereocenters. The zero-order chi connectivity index (χ0) is 14.7. The molecule has 0 heterocycles. The third-order valence-corrected chi connectivity index (χ3v) is 3.53. The van der Waals surface area contributed by atoms with Gasteiger partial charge in [0.1, 0.15) is 17.4 Å². The van der Waals surface area contributed by atoms with Crippen LogP contribution in [0.25, 0.3) is 0 Å². The molecule has 0 saturated carbocycles. The number of hydrogen-bond donors (Lipinski definition) is 2. The quantitative estimate of drug-likeness (QED) is 0.851. The molecule has 6 heteroatoms. The first-order valence-corrected chi connectivity index (χ1v) is 6.49.